The molecule has 9 heteroatoms. The Bertz CT molecular complexity index is 761. The second-order valence-electron chi connectivity index (χ2n) is 4.75. The van der Waals surface area contributed by atoms with Crippen LogP contribution in [0.2, 0.25) is 0 Å². The van der Waals surface area contributed by atoms with Gasteiger partial charge in [0.05, 0.1) is 22.9 Å². The van der Waals surface area contributed by atoms with Crippen LogP contribution >= 0.6 is 0 Å². The smallest absolute Gasteiger partial charge is 0.269 e. The minimum Gasteiger partial charge on any atom is -0.444 e. The van der Waals surface area contributed by atoms with Crippen molar-refractivity contribution in [2.75, 3.05) is 0 Å². The summed E-state index contributed by atoms with van der Waals surface area (Å²) < 4.78 is 31.6. The highest BCUT2D eigenvalue weighted by Crippen LogP contribution is 2.14. The van der Waals surface area contributed by atoms with E-state index in [2.05, 4.69) is 9.71 Å². The molecule has 2 aromatic rings. The summed E-state index contributed by atoms with van der Waals surface area (Å²) in [5.74, 6) is 0.663. The SMILES string of the molecule is Cc1nc(CNS(=O)(=O)Cc2ccc([N+](=O)[O-])cc2)oc1C. The van der Waals surface area contributed by atoms with E-state index in [0.29, 0.717) is 22.9 Å². The second-order valence-corrected chi connectivity index (χ2v) is 6.56. The summed E-state index contributed by atoms with van der Waals surface area (Å²) in [6, 6.07) is 5.37. The first-order valence-electron chi connectivity index (χ1n) is 6.40. The number of rotatable bonds is 6. The molecule has 0 saturated heterocycles. The van der Waals surface area contributed by atoms with Crippen molar-refractivity contribution in [3.63, 3.8) is 0 Å². The fraction of sp³-hybridized carbons (Fsp3) is 0.308. The predicted octanol–water partition coefficient (Wildman–Crippen LogP) is 1.82. The van der Waals surface area contributed by atoms with Gasteiger partial charge < -0.3 is 4.42 Å². The number of non-ortho nitro benzene ring substituents is 1. The van der Waals surface area contributed by atoms with Crippen LogP contribution in [0, 0.1) is 24.0 Å². The summed E-state index contributed by atoms with van der Waals surface area (Å²) in [6.45, 7) is 3.48. The van der Waals surface area contributed by atoms with Crippen molar-refractivity contribution in [2.45, 2.75) is 26.1 Å². The number of nitrogens with zero attached hydrogens (tertiary/aromatic N) is 2. The van der Waals surface area contributed by atoms with Crippen LogP contribution in [-0.4, -0.2) is 18.3 Å². The molecule has 0 spiro atoms. The number of aryl methyl sites for hydroxylation is 2. The van der Waals surface area contributed by atoms with E-state index < -0.39 is 14.9 Å². The Kier molecular flexibility index (Phi) is 4.57. The topological polar surface area (TPSA) is 115 Å². The van der Waals surface area contributed by atoms with Crippen LogP contribution in [0.3, 0.4) is 0 Å². The maximum absolute atomic E-state index is 12.0. The van der Waals surface area contributed by atoms with E-state index in [1.165, 1.54) is 24.3 Å². The Morgan fingerprint density at radius 1 is 1.27 bits per heavy atom. The maximum Gasteiger partial charge on any atom is 0.269 e. The van der Waals surface area contributed by atoms with Gasteiger partial charge >= 0.3 is 0 Å². The Morgan fingerprint density at radius 2 is 1.91 bits per heavy atom. The highest BCUT2D eigenvalue weighted by molar-refractivity contribution is 7.88. The van der Waals surface area contributed by atoms with Gasteiger partial charge in [0, 0.05) is 12.1 Å². The lowest BCUT2D eigenvalue weighted by Gasteiger charge is -2.05. The first-order chi connectivity index (χ1) is 10.3. The van der Waals surface area contributed by atoms with Crippen molar-refractivity contribution < 1.29 is 17.8 Å². The fourth-order valence-electron chi connectivity index (χ4n) is 1.77. The predicted molar refractivity (Wildman–Crippen MR) is 78.5 cm³/mol. The molecule has 1 N–H and O–H groups in total. The lowest BCUT2D eigenvalue weighted by molar-refractivity contribution is -0.384. The molecule has 0 unspecified atom stereocenters. The largest absolute Gasteiger partial charge is 0.444 e. The molecule has 0 saturated carbocycles. The summed E-state index contributed by atoms with van der Waals surface area (Å²) in [6.07, 6.45) is 0. The Hall–Kier alpha value is -2.26. The number of nitro groups is 1. The van der Waals surface area contributed by atoms with Gasteiger partial charge in [-0.05, 0) is 19.4 Å². The van der Waals surface area contributed by atoms with Crippen molar-refractivity contribution in [2.24, 2.45) is 0 Å². The van der Waals surface area contributed by atoms with E-state index in [1.54, 1.807) is 13.8 Å². The van der Waals surface area contributed by atoms with Gasteiger partial charge in [0.2, 0.25) is 15.9 Å². The van der Waals surface area contributed by atoms with Crippen molar-refractivity contribution >= 4 is 15.7 Å². The van der Waals surface area contributed by atoms with Crippen LogP contribution in [0.4, 0.5) is 5.69 Å². The third-order valence-corrected chi connectivity index (χ3v) is 4.32. The van der Waals surface area contributed by atoms with E-state index in [-0.39, 0.29) is 18.0 Å². The average molecular weight is 325 g/mol. The Balaban J connectivity index is 1.99. The number of sulfonamides is 1. The van der Waals surface area contributed by atoms with E-state index in [0.717, 1.165) is 0 Å². The Morgan fingerprint density at radius 3 is 2.41 bits per heavy atom. The van der Waals surface area contributed by atoms with Gasteiger partial charge in [0.1, 0.15) is 5.76 Å². The van der Waals surface area contributed by atoms with Gasteiger partial charge in [-0.1, -0.05) is 12.1 Å². The molecule has 0 bridgehead atoms. The number of nitrogens with one attached hydrogen (secondary N) is 1. The van der Waals surface area contributed by atoms with Gasteiger partial charge in [-0.15, -0.1) is 0 Å². The molecule has 0 fully saturated rings. The van der Waals surface area contributed by atoms with Crippen molar-refractivity contribution in [1.82, 2.24) is 9.71 Å². The molecular formula is C13H15N3O5S. The molecule has 8 nitrogen and oxygen atoms in total. The zero-order valence-corrected chi connectivity index (χ0v) is 12.9. The third kappa shape index (κ3) is 4.12. The fourth-order valence-corrected chi connectivity index (χ4v) is 2.85. The van der Waals surface area contributed by atoms with Crippen LogP contribution in [0.15, 0.2) is 28.7 Å². The van der Waals surface area contributed by atoms with Crippen LogP contribution in [0.5, 0.6) is 0 Å². The Labute approximate surface area is 127 Å². The van der Waals surface area contributed by atoms with Gasteiger partial charge in [-0.2, -0.15) is 0 Å². The standard InChI is InChI=1S/C13H15N3O5S/c1-9-10(2)21-13(15-9)7-14-22(19,20)8-11-3-5-12(6-4-11)16(17)18/h3-6,14H,7-8H2,1-2H3. The molecule has 118 valence electrons. The number of nitro benzene ring substituents is 1. The quantitative estimate of drug-likeness (QED) is 0.640. The van der Waals surface area contributed by atoms with Crippen LogP contribution in [0.25, 0.3) is 0 Å². The summed E-state index contributed by atoms with van der Waals surface area (Å²) in [7, 11) is -3.59. The zero-order valence-electron chi connectivity index (χ0n) is 12.1. The van der Waals surface area contributed by atoms with E-state index >= 15 is 0 Å². The van der Waals surface area contributed by atoms with E-state index in [9.17, 15) is 18.5 Å². The molecular weight excluding hydrogens is 310 g/mol. The zero-order chi connectivity index (χ0) is 16.3. The van der Waals surface area contributed by atoms with Gasteiger partial charge in [0.25, 0.3) is 5.69 Å². The molecule has 1 aromatic carbocycles. The first kappa shape index (κ1) is 16.1. The highest BCUT2D eigenvalue weighted by Gasteiger charge is 2.15. The van der Waals surface area contributed by atoms with Crippen LogP contribution in [0.1, 0.15) is 22.9 Å². The summed E-state index contributed by atoms with van der Waals surface area (Å²) >= 11 is 0. The molecule has 0 radical (unpaired) electrons. The molecule has 0 atom stereocenters. The van der Waals surface area contributed by atoms with Gasteiger partial charge in [-0.25, -0.2) is 18.1 Å². The number of oxazole rings is 1. The molecule has 1 aromatic heterocycles. The summed E-state index contributed by atoms with van der Waals surface area (Å²) in [5.41, 5.74) is 1.09. The molecule has 0 aliphatic carbocycles. The molecule has 22 heavy (non-hydrogen) atoms. The molecule has 2 rings (SSSR count). The summed E-state index contributed by atoms with van der Waals surface area (Å²) in [4.78, 5) is 14.1. The van der Waals surface area contributed by atoms with Gasteiger partial charge in [-0.3, -0.25) is 10.1 Å². The molecule has 0 aliphatic rings. The number of hydrogen-bond acceptors (Lipinski definition) is 6. The number of benzene rings is 1. The molecule has 0 amide bonds. The van der Waals surface area contributed by atoms with Crippen molar-refractivity contribution in [1.29, 1.82) is 0 Å². The maximum atomic E-state index is 12.0. The van der Waals surface area contributed by atoms with E-state index in [4.69, 9.17) is 4.42 Å². The van der Waals surface area contributed by atoms with Gasteiger partial charge in [0.15, 0.2) is 0 Å². The van der Waals surface area contributed by atoms with Crippen molar-refractivity contribution in [3.05, 3.63) is 57.3 Å². The lowest BCUT2D eigenvalue weighted by atomic mass is 10.2. The third-order valence-electron chi connectivity index (χ3n) is 3.02. The average Bonchev–Trinajstić information content (AvgIpc) is 2.76. The summed E-state index contributed by atoms with van der Waals surface area (Å²) in [5, 5.41) is 10.5. The number of hydrogen-bond donors (Lipinski definition) is 1. The second kappa shape index (κ2) is 6.24. The van der Waals surface area contributed by atoms with E-state index in [1.807, 2.05) is 0 Å². The van der Waals surface area contributed by atoms with Crippen LogP contribution in [-0.2, 0) is 22.3 Å². The monoisotopic (exact) mass is 325 g/mol. The molecule has 1 heterocycles. The minimum atomic E-state index is -3.59. The number of aromatic nitrogens is 1. The first-order valence-corrected chi connectivity index (χ1v) is 8.05. The lowest BCUT2D eigenvalue weighted by Crippen LogP contribution is -2.24. The highest BCUT2D eigenvalue weighted by atomic mass is 32.2. The minimum absolute atomic E-state index is 0.0377. The van der Waals surface area contributed by atoms with Crippen molar-refractivity contribution in [3.8, 4) is 0 Å². The normalized spacial score (nSPS) is 11.5. The van der Waals surface area contributed by atoms with Crippen LogP contribution < -0.4 is 4.72 Å². The molecule has 0 aliphatic heterocycles.